The maximum atomic E-state index is 12.1. The number of rotatable bonds is 4. The van der Waals surface area contributed by atoms with Gasteiger partial charge in [-0.3, -0.25) is 0 Å². The minimum Gasteiger partial charge on any atom is -0.461 e. The molecule has 0 heterocycles. The topological polar surface area (TPSA) is 61.5 Å². The predicted molar refractivity (Wildman–Crippen MR) is 77.5 cm³/mol. The molecule has 20 heavy (non-hydrogen) atoms. The minimum atomic E-state index is -0.841. The van der Waals surface area contributed by atoms with Crippen LogP contribution in [0.1, 0.15) is 37.3 Å². The molecule has 110 valence electrons. The molecule has 4 nitrogen and oxygen atoms in total. The van der Waals surface area contributed by atoms with Crippen LogP contribution in [0.4, 0.5) is 0 Å². The van der Waals surface area contributed by atoms with Crippen LogP contribution in [0.2, 0.25) is 5.02 Å². The van der Waals surface area contributed by atoms with Crippen LogP contribution < -0.4 is 5.73 Å². The van der Waals surface area contributed by atoms with E-state index < -0.39 is 12.0 Å². The van der Waals surface area contributed by atoms with Gasteiger partial charge in [0.25, 0.3) is 0 Å². The van der Waals surface area contributed by atoms with Crippen molar-refractivity contribution in [2.75, 3.05) is 7.11 Å². The third-order valence-corrected chi connectivity index (χ3v) is 4.03. The monoisotopic (exact) mass is 297 g/mol. The Bertz CT molecular complexity index is 466. The normalized spacial score (nSPS) is 24.1. The highest BCUT2D eigenvalue weighted by molar-refractivity contribution is 6.31. The Morgan fingerprint density at radius 3 is 2.75 bits per heavy atom. The summed E-state index contributed by atoms with van der Waals surface area (Å²) in [4.78, 5) is 12.1. The highest BCUT2D eigenvalue weighted by Gasteiger charge is 2.27. The lowest BCUT2D eigenvalue weighted by Gasteiger charge is -2.28. The molecule has 0 aromatic heterocycles. The van der Waals surface area contributed by atoms with Gasteiger partial charge in [-0.05, 0) is 30.9 Å². The van der Waals surface area contributed by atoms with Gasteiger partial charge in [0.15, 0.2) is 0 Å². The second-order valence-electron chi connectivity index (χ2n) is 5.08. The summed E-state index contributed by atoms with van der Waals surface area (Å²) in [6.07, 6.45) is 3.66. The zero-order valence-electron chi connectivity index (χ0n) is 11.5. The van der Waals surface area contributed by atoms with Crippen LogP contribution in [0, 0.1) is 0 Å². The Morgan fingerprint density at radius 1 is 1.35 bits per heavy atom. The average Bonchev–Trinajstić information content (AvgIpc) is 2.47. The van der Waals surface area contributed by atoms with E-state index in [0.717, 1.165) is 25.7 Å². The number of carbonyl (C=O) groups is 1. The summed E-state index contributed by atoms with van der Waals surface area (Å²) >= 11 is 6.04. The summed E-state index contributed by atoms with van der Waals surface area (Å²) in [5.41, 5.74) is 6.53. The van der Waals surface area contributed by atoms with Crippen LogP contribution in [-0.2, 0) is 14.3 Å². The Labute approximate surface area is 124 Å². The van der Waals surface area contributed by atoms with Crippen LogP contribution in [-0.4, -0.2) is 25.3 Å². The number of ether oxygens (including phenoxy) is 2. The molecule has 1 aromatic rings. The van der Waals surface area contributed by atoms with Crippen LogP contribution in [0.3, 0.4) is 0 Å². The lowest BCUT2D eigenvalue weighted by Crippen LogP contribution is -2.33. The first-order valence-electron chi connectivity index (χ1n) is 6.85. The van der Waals surface area contributed by atoms with Gasteiger partial charge in [0, 0.05) is 18.6 Å². The molecule has 0 aliphatic heterocycles. The van der Waals surface area contributed by atoms with Gasteiger partial charge < -0.3 is 15.2 Å². The molecular weight excluding hydrogens is 278 g/mol. The lowest BCUT2D eigenvalue weighted by molar-refractivity contribution is -0.154. The molecule has 1 aromatic carbocycles. The molecule has 1 saturated carbocycles. The molecule has 0 saturated heterocycles. The second-order valence-corrected chi connectivity index (χ2v) is 5.49. The standard InChI is InChI=1S/C15H20ClNO3/c1-19-10-5-4-6-11(9-10)20-15(18)14(17)12-7-2-3-8-13(12)16/h2-3,7-8,10-11,14H,4-6,9,17H2,1H3/t10?,11?,14-/m1/s1. The van der Waals surface area contributed by atoms with Gasteiger partial charge in [0.1, 0.15) is 12.1 Å². The van der Waals surface area contributed by atoms with Crippen molar-refractivity contribution in [2.24, 2.45) is 5.73 Å². The molecule has 1 fully saturated rings. The molecule has 0 bridgehead atoms. The van der Waals surface area contributed by atoms with Gasteiger partial charge in [-0.1, -0.05) is 29.8 Å². The first-order chi connectivity index (χ1) is 9.61. The van der Waals surface area contributed by atoms with E-state index >= 15 is 0 Å². The fourth-order valence-electron chi connectivity index (χ4n) is 2.52. The number of nitrogens with two attached hydrogens (primary N) is 1. The molecule has 3 atom stereocenters. The van der Waals surface area contributed by atoms with Gasteiger partial charge in [-0.2, -0.15) is 0 Å². The van der Waals surface area contributed by atoms with Crippen molar-refractivity contribution in [1.29, 1.82) is 0 Å². The summed E-state index contributed by atoms with van der Waals surface area (Å²) in [5, 5.41) is 0.482. The molecule has 2 unspecified atom stereocenters. The largest absolute Gasteiger partial charge is 0.461 e. The number of esters is 1. The summed E-state index contributed by atoms with van der Waals surface area (Å²) in [6, 6.07) is 6.22. The van der Waals surface area contributed by atoms with Crippen molar-refractivity contribution in [3.63, 3.8) is 0 Å². The molecule has 5 heteroatoms. The maximum Gasteiger partial charge on any atom is 0.327 e. The van der Waals surface area contributed by atoms with E-state index in [0.29, 0.717) is 10.6 Å². The van der Waals surface area contributed by atoms with Crippen LogP contribution in [0.5, 0.6) is 0 Å². The summed E-state index contributed by atoms with van der Waals surface area (Å²) in [5.74, 6) is -0.431. The van der Waals surface area contributed by atoms with Gasteiger partial charge >= 0.3 is 5.97 Å². The third kappa shape index (κ3) is 3.72. The van der Waals surface area contributed by atoms with Gasteiger partial charge in [-0.25, -0.2) is 4.79 Å². The predicted octanol–water partition coefficient (Wildman–Crippen LogP) is 2.84. The van der Waals surface area contributed by atoms with Crippen molar-refractivity contribution in [1.82, 2.24) is 0 Å². The van der Waals surface area contributed by atoms with Crippen molar-refractivity contribution < 1.29 is 14.3 Å². The molecule has 1 aliphatic carbocycles. The number of benzene rings is 1. The Hall–Kier alpha value is -1.10. The van der Waals surface area contributed by atoms with E-state index in [1.54, 1.807) is 31.4 Å². The fraction of sp³-hybridized carbons (Fsp3) is 0.533. The Balaban J connectivity index is 1.96. The fourth-order valence-corrected chi connectivity index (χ4v) is 2.77. The van der Waals surface area contributed by atoms with E-state index in [1.165, 1.54) is 0 Å². The summed E-state index contributed by atoms with van der Waals surface area (Å²) in [6.45, 7) is 0. The highest BCUT2D eigenvalue weighted by atomic mass is 35.5. The minimum absolute atomic E-state index is 0.116. The lowest BCUT2D eigenvalue weighted by atomic mass is 9.95. The molecular formula is C15H20ClNO3. The summed E-state index contributed by atoms with van der Waals surface area (Å²) < 4.78 is 10.8. The SMILES string of the molecule is COC1CCCC(OC(=O)[C@H](N)c2ccccc2Cl)C1. The molecule has 1 aliphatic rings. The molecule has 0 amide bonds. The number of carbonyl (C=O) groups excluding carboxylic acids is 1. The maximum absolute atomic E-state index is 12.1. The van der Waals surface area contributed by atoms with E-state index in [-0.39, 0.29) is 12.2 Å². The molecule has 0 radical (unpaired) electrons. The van der Waals surface area contributed by atoms with Crippen molar-refractivity contribution in [3.8, 4) is 0 Å². The first kappa shape index (κ1) is 15.3. The Morgan fingerprint density at radius 2 is 2.05 bits per heavy atom. The number of methoxy groups -OCH3 is 1. The number of hydrogen-bond donors (Lipinski definition) is 1. The van der Waals surface area contributed by atoms with Gasteiger partial charge in [0.05, 0.1) is 6.10 Å². The van der Waals surface area contributed by atoms with Crippen LogP contribution in [0.25, 0.3) is 0 Å². The molecule has 0 spiro atoms. The van der Waals surface area contributed by atoms with Gasteiger partial charge in [-0.15, -0.1) is 0 Å². The summed E-state index contributed by atoms with van der Waals surface area (Å²) in [7, 11) is 1.68. The second kappa shape index (κ2) is 7.07. The first-order valence-corrected chi connectivity index (χ1v) is 7.23. The van der Waals surface area contributed by atoms with E-state index in [4.69, 9.17) is 26.8 Å². The third-order valence-electron chi connectivity index (χ3n) is 3.69. The number of hydrogen-bond acceptors (Lipinski definition) is 4. The van der Waals surface area contributed by atoms with E-state index in [2.05, 4.69) is 0 Å². The smallest absolute Gasteiger partial charge is 0.327 e. The quantitative estimate of drug-likeness (QED) is 0.868. The average molecular weight is 298 g/mol. The van der Waals surface area contributed by atoms with Crippen LogP contribution in [0.15, 0.2) is 24.3 Å². The zero-order valence-corrected chi connectivity index (χ0v) is 12.3. The highest BCUT2D eigenvalue weighted by Crippen LogP contribution is 2.26. The van der Waals surface area contributed by atoms with E-state index in [9.17, 15) is 4.79 Å². The van der Waals surface area contributed by atoms with Crippen molar-refractivity contribution in [3.05, 3.63) is 34.9 Å². The molecule has 2 rings (SSSR count). The Kier molecular flexibility index (Phi) is 5.40. The zero-order chi connectivity index (χ0) is 14.5. The van der Waals surface area contributed by atoms with Gasteiger partial charge in [0.2, 0.25) is 0 Å². The van der Waals surface area contributed by atoms with Crippen molar-refractivity contribution in [2.45, 2.75) is 43.9 Å². The van der Waals surface area contributed by atoms with Crippen LogP contribution >= 0.6 is 11.6 Å². The van der Waals surface area contributed by atoms with Crippen molar-refractivity contribution >= 4 is 17.6 Å². The number of halogens is 1. The van der Waals surface area contributed by atoms with E-state index in [1.807, 2.05) is 0 Å². The molecule has 2 N–H and O–H groups in total.